The number of piperidine rings is 1. The number of phenols is 2. The lowest BCUT2D eigenvalue weighted by atomic mass is 9.68. The van der Waals surface area contributed by atoms with E-state index < -0.39 is 0 Å². The highest BCUT2D eigenvalue weighted by Gasteiger charge is 2.38. The molecule has 0 bridgehead atoms. The molecule has 0 aliphatic carbocycles. The van der Waals surface area contributed by atoms with E-state index in [0.29, 0.717) is 17.4 Å². The van der Waals surface area contributed by atoms with Crippen molar-refractivity contribution in [1.29, 1.82) is 0 Å². The van der Waals surface area contributed by atoms with Gasteiger partial charge in [0.2, 0.25) is 0 Å². The summed E-state index contributed by atoms with van der Waals surface area (Å²) >= 11 is 0. The van der Waals surface area contributed by atoms with Gasteiger partial charge in [-0.1, -0.05) is 39.8 Å². The number of hydrogen-bond donors (Lipinski definition) is 4. The number of nitrogens with one attached hydrogen (secondary N) is 2. The van der Waals surface area contributed by atoms with Crippen LogP contribution >= 0.6 is 12.4 Å². The van der Waals surface area contributed by atoms with Gasteiger partial charge in [-0.3, -0.25) is 4.79 Å². The molecule has 0 saturated carbocycles. The highest BCUT2D eigenvalue weighted by atomic mass is 35.5. The summed E-state index contributed by atoms with van der Waals surface area (Å²) in [6.45, 7) is 11.5. The first-order chi connectivity index (χ1) is 15.7. The van der Waals surface area contributed by atoms with E-state index in [2.05, 4.69) is 49.0 Å². The van der Waals surface area contributed by atoms with E-state index in [1.54, 1.807) is 24.3 Å². The number of benzene rings is 2. The third-order valence-corrected chi connectivity index (χ3v) is 7.50. The van der Waals surface area contributed by atoms with Crippen molar-refractivity contribution in [2.45, 2.75) is 45.6 Å². The molecule has 2 heterocycles. The largest absolute Gasteiger partial charge is 0.508 e. The van der Waals surface area contributed by atoms with Crippen molar-refractivity contribution in [3.63, 3.8) is 0 Å². The zero-order valence-corrected chi connectivity index (χ0v) is 21.2. The second-order valence-electron chi connectivity index (χ2n) is 10.2. The Labute approximate surface area is 207 Å². The van der Waals surface area contributed by atoms with Crippen LogP contribution in [0.25, 0.3) is 10.9 Å². The van der Waals surface area contributed by atoms with Crippen LogP contribution in [0.1, 0.15) is 50.2 Å². The monoisotopic (exact) mass is 485 g/mol. The molecule has 0 spiro atoms. The summed E-state index contributed by atoms with van der Waals surface area (Å²) in [6.07, 6.45) is 1.00. The molecule has 7 heteroatoms. The molecule has 2 aromatic carbocycles. The SMILES string of the molecule is CC(C)[C@@H](CN1CC[C@@](C)(c2cccc(O)c2)[C@@H](C)C1)NC(=O)c1cc2ccc(O)cc2[nH]1.Cl. The molecule has 0 unspecified atom stereocenters. The van der Waals surface area contributed by atoms with Crippen LogP contribution < -0.4 is 5.32 Å². The van der Waals surface area contributed by atoms with Crippen LogP contribution in [0.3, 0.4) is 0 Å². The number of aromatic amines is 1. The molecule has 6 nitrogen and oxygen atoms in total. The van der Waals surface area contributed by atoms with E-state index in [0.717, 1.165) is 37.0 Å². The number of carbonyl (C=O) groups excluding carboxylic acids is 1. The van der Waals surface area contributed by atoms with Gasteiger partial charge in [-0.05, 0) is 66.1 Å². The zero-order chi connectivity index (χ0) is 23.8. The van der Waals surface area contributed by atoms with Crippen molar-refractivity contribution >= 4 is 29.2 Å². The van der Waals surface area contributed by atoms with Crippen LogP contribution in [0.2, 0.25) is 0 Å². The molecular weight excluding hydrogens is 450 g/mol. The molecule has 4 N–H and O–H groups in total. The van der Waals surface area contributed by atoms with E-state index in [1.807, 2.05) is 18.2 Å². The van der Waals surface area contributed by atoms with Crippen LogP contribution in [0, 0.1) is 11.8 Å². The Morgan fingerprint density at radius 2 is 1.91 bits per heavy atom. The molecule has 1 fully saturated rings. The van der Waals surface area contributed by atoms with Gasteiger partial charge in [0.1, 0.15) is 17.2 Å². The molecular formula is C27H36ClN3O3. The Balaban J connectivity index is 0.00000324. The van der Waals surface area contributed by atoms with Crippen molar-refractivity contribution in [2.24, 2.45) is 11.8 Å². The Kier molecular flexibility index (Phi) is 7.84. The number of H-pyrrole nitrogens is 1. The maximum absolute atomic E-state index is 13.0. The molecule has 1 amide bonds. The van der Waals surface area contributed by atoms with Gasteiger partial charge in [-0.2, -0.15) is 0 Å². The molecule has 3 aromatic rings. The standard InChI is InChI=1S/C27H35N3O3.ClH/c1-17(2)25(29-26(33)24-12-19-8-9-22(32)14-23(19)28-24)16-30-11-10-27(4,18(3)15-30)20-6-5-7-21(31)13-20;/h5-9,12-14,17-18,25,28,31-32H,10-11,15-16H2,1-4H3,(H,29,33);1H/t18-,25+,27+;/m0./s1. The fraction of sp³-hybridized carbons (Fsp3) is 0.444. The number of carbonyl (C=O) groups is 1. The quantitative estimate of drug-likeness (QED) is 0.393. The first kappa shape index (κ1) is 25.9. The van der Waals surface area contributed by atoms with Crippen LogP contribution in [0.15, 0.2) is 48.5 Å². The summed E-state index contributed by atoms with van der Waals surface area (Å²) in [5, 5.41) is 23.8. The Morgan fingerprint density at radius 3 is 2.59 bits per heavy atom. The second kappa shape index (κ2) is 10.3. The number of phenolic OH excluding ortho intramolecular Hbond substituents is 2. The number of amides is 1. The summed E-state index contributed by atoms with van der Waals surface area (Å²) in [5.41, 5.74) is 2.46. The topological polar surface area (TPSA) is 88.6 Å². The molecule has 1 aromatic heterocycles. The number of nitrogens with zero attached hydrogens (tertiary/aromatic N) is 1. The van der Waals surface area contributed by atoms with Gasteiger partial charge in [0, 0.05) is 36.1 Å². The molecule has 1 aliphatic heterocycles. The van der Waals surface area contributed by atoms with E-state index >= 15 is 0 Å². The third-order valence-electron chi connectivity index (χ3n) is 7.50. The maximum Gasteiger partial charge on any atom is 0.267 e. The summed E-state index contributed by atoms with van der Waals surface area (Å²) in [4.78, 5) is 18.6. The first-order valence-corrected chi connectivity index (χ1v) is 11.8. The van der Waals surface area contributed by atoms with E-state index in [1.165, 1.54) is 5.56 Å². The van der Waals surface area contributed by atoms with Crippen molar-refractivity contribution in [1.82, 2.24) is 15.2 Å². The summed E-state index contributed by atoms with van der Waals surface area (Å²) in [5.74, 6) is 1.07. The minimum Gasteiger partial charge on any atom is -0.508 e. The number of likely N-dealkylation sites (tertiary alicyclic amines) is 1. The van der Waals surface area contributed by atoms with E-state index in [4.69, 9.17) is 0 Å². The minimum atomic E-state index is -0.126. The lowest BCUT2D eigenvalue weighted by molar-refractivity contribution is 0.0812. The Hall–Kier alpha value is -2.70. The number of rotatable bonds is 6. The lowest BCUT2D eigenvalue weighted by Gasteiger charge is -2.46. The van der Waals surface area contributed by atoms with Gasteiger partial charge in [-0.25, -0.2) is 0 Å². The predicted molar refractivity (Wildman–Crippen MR) is 139 cm³/mol. The van der Waals surface area contributed by atoms with Crippen molar-refractivity contribution in [3.05, 3.63) is 59.8 Å². The molecule has 184 valence electrons. The molecule has 0 radical (unpaired) electrons. The van der Waals surface area contributed by atoms with Crippen LogP contribution in [-0.4, -0.2) is 51.7 Å². The summed E-state index contributed by atoms with van der Waals surface area (Å²) in [6, 6.07) is 14.5. The normalized spacial score (nSPS) is 21.9. The number of hydrogen-bond acceptors (Lipinski definition) is 4. The highest BCUT2D eigenvalue weighted by Crippen LogP contribution is 2.40. The summed E-state index contributed by atoms with van der Waals surface area (Å²) < 4.78 is 0. The highest BCUT2D eigenvalue weighted by molar-refractivity contribution is 5.98. The molecule has 1 aliphatic rings. The Morgan fingerprint density at radius 1 is 1.18 bits per heavy atom. The summed E-state index contributed by atoms with van der Waals surface area (Å²) in [7, 11) is 0. The molecule has 1 saturated heterocycles. The third kappa shape index (κ3) is 5.34. The van der Waals surface area contributed by atoms with Gasteiger partial charge in [0.15, 0.2) is 0 Å². The lowest BCUT2D eigenvalue weighted by Crippen LogP contribution is -2.53. The number of halogens is 1. The molecule has 4 rings (SSSR count). The van der Waals surface area contributed by atoms with E-state index in [-0.39, 0.29) is 41.4 Å². The Bertz CT molecular complexity index is 1150. The van der Waals surface area contributed by atoms with Gasteiger partial charge in [0.05, 0.1) is 0 Å². The van der Waals surface area contributed by atoms with Crippen LogP contribution in [0.4, 0.5) is 0 Å². The van der Waals surface area contributed by atoms with Crippen molar-refractivity contribution in [3.8, 4) is 11.5 Å². The number of fused-ring (bicyclic) bond motifs is 1. The van der Waals surface area contributed by atoms with Gasteiger partial charge in [0.25, 0.3) is 5.91 Å². The average molecular weight is 486 g/mol. The average Bonchev–Trinajstić information content (AvgIpc) is 3.19. The molecule has 34 heavy (non-hydrogen) atoms. The van der Waals surface area contributed by atoms with Crippen LogP contribution in [-0.2, 0) is 5.41 Å². The predicted octanol–water partition coefficient (Wildman–Crippen LogP) is 5.06. The van der Waals surface area contributed by atoms with Gasteiger partial charge < -0.3 is 25.4 Å². The second-order valence-corrected chi connectivity index (χ2v) is 10.2. The number of aromatic hydroxyl groups is 2. The van der Waals surface area contributed by atoms with E-state index in [9.17, 15) is 15.0 Å². The first-order valence-electron chi connectivity index (χ1n) is 11.8. The fourth-order valence-electron chi connectivity index (χ4n) is 4.96. The van der Waals surface area contributed by atoms with Gasteiger partial charge >= 0.3 is 0 Å². The van der Waals surface area contributed by atoms with Crippen LogP contribution in [0.5, 0.6) is 11.5 Å². The zero-order valence-electron chi connectivity index (χ0n) is 20.3. The maximum atomic E-state index is 13.0. The smallest absolute Gasteiger partial charge is 0.267 e. The van der Waals surface area contributed by atoms with Crippen molar-refractivity contribution in [2.75, 3.05) is 19.6 Å². The fourth-order valence-corrected chi connectivity index (χ4v) is 4.96. The van der Waals surface area contributed by atoms with Crippen molar-refractivity contribution < 1.29 is 15.0 Å². The van der Waals surface area contributed by atoms with Gasteiger partial charge in [-0.15, -0.1) is 12.4 Å². The number of aromatic nitrogens is 1. The molecule has 3 atom stereocenters. The minimum absolute atomic E-state index is 0.